The van der Waals surface area contributed by atoms with Crippen molar-refractivity contribution in [2.75, 3.05) is 19.6 Å². The van der Waals surface area contributed by atoms with Crippen LogP contribution in [-0.2, 0) is 11.2 Å². The fraction of sp³-hybridized carbons (Fsp3) is 0.421. The number of benzene rings is 1. The molecule has 0 saturated heterocycles. The van der Waals surface area contributed by atoms with Gasteiger partial charge in [-0.2, -0.15) is 0 Å². The first-order valence-electron chi connectivity index (χ1n) is 8.23. The molecule has 0 aliphatic carbocycles. The van der Waals surface area contributed by atoms with Crippen LogP contribution in [0, 0.1) is 6.92 Å². The van der Waals surface area contributed by atoms with E-state index in [1.807, 2.05) is 17.5 Å². The van der Waals surface area contributed by atoms with Crippen LogP contribution < -0.4 is 5.32 Å². The zero-order valence-corrected chi connectivity index (χ0v) is 15.0. The number of nitrogens with zero attached hydrogens (tertiary/aromatic N) is 1. The summed E-state index contributed by atoms with van der Waals surface area (Å²) < 4.78 is 0. The van der Waals surface area contributed by atoms with E-state index in [2.05, 4.69) is 55.3 Å². The van der Waals surface area contributed by atoms with Crippen molar-refractivity contribution in [3.63, 3.8) is 0 Å². The summed E-state index contributed by atoms with van der Waals surface area (Å²) in [6.45, 7) is 9.01. The number of carbonyl (C=O) groups is 1. The lowest BCUT2D eigenvalue weighted by Crippen LogP contribution is -2.38. The summed E-state index contributed by atoms with van der Waals surface area (Å²) in [6.07, 6.45) is 0.469. The summed E-state index contributed by atoms with van der Waals surface area (Å²) in [7, 11) is 0. The van der Waals surface area contributed by atoms with Gasteiger partial charge in [-0.05, 0) is 37.0 Å². The number of carbonyl (C=O) groups excluding carboxylic acids is 1. The topological polar surface area (TPSA) is 32.3 Å². The predicted molar refractivity (Wildman–Crippen MR) is 97.9 cm³/mol. The molecule has 1 aromatic heterocycles. The minimum atomic E-state index is 0.0942. The third-order valence-corrected chi connectivity index (χ3v) is 5.00. The zero-order valence-electron chi connectivity index (χ0n) is 14.2. The molecule has 23 heavy (non-hydrogen) atoms. The molecule has 0 bridgehead atoms. The van der Waals surface area contributed by atoms with Gasteiger partial charge in [-0.25, -0.2) is 0 Å². The molecule has 124 valence electrons. The first kappa shape index (κ1) is 17.7. The van der Waals surface area contributed by atoms with Crippen molar-refractivity contribution < 1.29 is 4.79 Å². The largest absolute Gasteiger partial charge is 0.354 e. The summed E-state index contributed by atoms with van der Waals surface area (Å²) in [5, 5.41) is 5.12. The molecule has 0 aliphatic rings. The van der Waals surface area contributed by atoms with E-state index in [9.17, 15) is 4.79 Å². The number of likely N-dealkylation sites (N-methyl/N-ethyl adjacent to an activating group) is 1. The smallest absolute Gasteiger partial charge is 0.225 e. The third-order valence-electron chi connectivity index (χ3n) is 4.12. The SMILES string of the molecule is CCN(CC)C(CNC(=O)Cc1cccs1)c1ccc(C)cc1. The van der Waals surface area contributed by atoms with E-state index in [0.29, 0.717) is 13.0 Å². The number of hydrogen-bond acceptors (Lipinski definition) is 3. The van der Waals surface area contributed by atoms with Crippen LogP contribution in [-0.4, -0.2) is 30.4 Å². The zero-order chi connectivity index (χ0) is 16.7. The number of nitrogens with one attached hydrogen (secondary N) is 1. The lowest BCUT2D eigenvalue weighted by Gasteiger charge is -2.30. The maximum atomic E-state index is 12.2. The summed E-state index contributed by atoms with van der Waals surface area (Å²) >= 11 is 1.63. The minimum Gasteiger partial charge on any atom is -0.354 e. The lowest BCUT2D eigenvalue weighted by atomic mass is 10.0. The molecule has 0 saturated carbocycles. The van der Waals surface area contributed by atoms with E-state index >= 15 is 0 Å². The van der Waals surface area contributed by atoms with Gasteiger partial charge in [0, 0.05) is 11.4 Å². The van der Waals surface area contributed by atoms with Crippen molar-refractivity contribution in [3.8, 4) is 0 Å². The molecule has 3 nitrogen and oxygen atoms in total. The maximum absolute atomic E-state index is 12.2. The average Bonchev–Trinajstić information content (AvgIpc) is 3.05. The standard InChI is InChI=1S/C19H26N2OS/c1-4-21(5-2)18(16-10-8-15(3)9-11-16)14-20-19(22)13-17-7-6-12-23-17/h6-12,18H,4-5,13-14H2,1-3H3,(H,20,22). The highest BCUT2D eigenvalue weighted by Gasteiger charge is 2.18. The summed E-state index contributed by atoms with van der Waals surface area (Å²) in [5.74, 6) is 0.0942. The molecule has 2 aromatic rings. The molecular formula is C19H26N2OS. The highest BCUT2D eigenvalue weighted by molar-refractivity contribution is 7.10. The average molecular weight is 330 g/mol. The molecule has 1 atom stereocenters. The van der Waals surface area contributed by atoms with Crippen LogP contribution in [0.4, 0.5) is 0 Å². The van der Waals surface area contributed by atoms with E-state index in [1.54, 1.807) is 11.3 Å². The molecular weight excluding hydrogens is 304 g/mol. The van der Waals surface area contributed by atoms with Gasteiger partial charge in [0.2, 0.25) is 5.91 Å². The van der Waals surface area contributed by atoms with Gasteiger partial charge in [0.1, 0.15) is 0 Å². The molecule has 1 aromatic carbocycles. The summed E-state index contributed by atoms with van der Waals surface area (Å²) in [5.41, 5.74) is 2.52. The van der Waals surface area contributed by atoms with Crippen molar-refractivity contribution in [1.82, 2.24) is 10.2 Å². The van der Waals surface area contributed by atoms with E-state index in [4.69, 9.17) is 0 Å². The number of hydrogen-bond donors (Lipinski definition) is 1. The minimum absolute atomic E-state index is 0.0942. The summed E-state index contributed by atoms with van der Waals surface area (Å²) in [4.78, 5) is 15.7. The molecule has 1 unspecified atom stereocenters. The van der Waals surface area contributed by atoms with Crippen molar-refractivity contribution in [3.05, 3.63) is 57.8 Å². The Morgan fingerprint density at radius 1 is 1.17 bits per heavy atom. The van der Waals surface area contributed by atoms with Crippen LogP contribution in [0.5, 0.6) is 0 Å². The molecule has 0 fully saturated rings. The van der Waals surface area contributed by atoms with Gasteiger partial charge in [-0.1, -0.05) is 49.7 Å². The molecule has 0 aliphatic heterocycles. The van der Waals surface area contributed by atoms with Gasteiger partial charge in [0.15, 0.2) is 0 Å². The number of rotatable bonds is 8. The second kappa shape index (κ2) is 8.85. The molecule has 4 heteroatoms. The van der Waals surface area contributed by atoms with Gasteiger partial charge in [-0.15, -0.1) is 11.3 Å². The molecule has 1 amide bonds. The van der Waals surface area contributed by atoms with Crippen LogP contribution in [0.1, 0.15) is 35.9 Å². The van der Waals surface area contributed by atoms with Gasteiger partial charge >= 0.3 is 0 Å². The Labute approximate surface area is 143 Å². The van der Waals surface area contributed by atoms with Gasteiger partial charge in [0.25, 0.3) is 0 Å². The van der Waals surface area contributed by atoms with Crippen molar-refractivity contribution in [1.29, 1.82) is 0 Å². The van der Waals surface area contributed by atoms with Crippen molar-refractivity contribution >= 4 is 17.2 Å². The van der Waals surface area contributed by atoms with Gasteiger partial charge < -0.3 is 5.32 Å². The third kappa shape index (κ3) is 5.19. The second-order valence-electron chi connectivity index (χ2n) is 5.71. The molecule has 1 N–H and O–H groups in total. The van der Waals surface area contributed by atoms with Crippen LogP contribution >= 0.6 is 11.3 Å². The van der Waals surface area contributed by atoms with Crippen molar-refractivity contribution in [2.45, 2.75) is 33.2 Å². The van der Waals surface area contributed by atoms with Crippen LogP contribution in [0.15, 0.2) is 41.8 Å². The Balaban J connectivity index is 2.02. The summed E-state index contributed by atoms with van der Waals surface area (Å²) in [6, 6.07) is 12.8. The monoisotopic (exact) mass is 330 g/mol. The fourth-order valence-corrected chi connectivity index (χ4v) is 3.46. The van der Waals surface area contributed by atoms with E-state index in [0.717, 1.165) is 18.0 Å². The Morgan fingerprint density at radius 3 is 2.43 bits per heavy atom. The quantitative estimate of drug-likeness (QED) is 0.798. The van der Waals surface area contributed by atoms with Gasteiger partial charge in [0.05, 0.1) is 12.5 Å². The van der Waals surface area contributed by atoms with E-state index < -0.39 is 0 Å². The number of aryl methyl sites for hydroxylation is 1. The van der Waals surface area contributed by atoms with Crippen LogP contribution in [0.2, 0.25) is 0 Å². The highest BCUT2D eigenvalue weighted by atomic mass is 32.1. The first-order chi connectivity index (χ1) is 11.1. The highest BCUT2D eigenvalue weighted by Crippen LogP contribution is 2.20. The molecule has 1 heterocycles. The normalized spacial score (nSPS) is 12.3. The fourth-order valence-electron chi connectivity index (χ4n) is 2.76. The predicted octanol–water partition coefficient (Wildman–Crippen LogP) is 3.80. The Bertz CT molecular complexity index is 588. The first-order valence-corrected chi connectivity index (χ1v) is 9.11. The number of thiophene rings is 1. The Morgan fingerprint density at radius 2 is 1.87 bits per heavy atom. The molecule has 0 radical (unpaired) electrons. The Kier molecular flexibility index (Phi) is 6.81. The Hall–Kier alpha value is -1.65. The van der Waals surface area contributed by atoms with Gasteiger partial charge in [-0.3, -0.25) is 9.69 Å². The van der Waals surface area contributed by atoms with Crippen molar-refractivity contribution in [2.24, 2.45) is 0 Å². The number of amides is 1. The second-order valence-corrected chi connectivity index (χ2v) is 6.74. The maximum Gasteiger partial charge on any atom is 0.225 e. The lowest BCUT2D eigenvalue weighted by molar-refractivity contribution is -0.120. The molecule has 0 spiro atoms. The van der Waals surface area contributed by atoms with E-state index in [-0.39, 0.29) is 11.9 Å². The molecule has 2 rings (SSSR count). The van der Waals surface area contributed by atoms with Crippen LogP contribution in [0.25, 0.3) is 0 Å². The van der Waals surface area contributed by atoms with E-state index in [1.165, 1.54) is 11.1 Å². The van der Waals surface area contributed by atoms with Crippen LogP contribution in [0.3, 0.4) is 0 Å².